The number of carbonyl (C=O) groups excluding carboxylic acids is 1. The molecule has 162 valence electrons. The van der Waals surface area contributed by atoms with E-state index in [4.69, 9.17) is 0 Å². The van der Waals surface area contributed by atoms with Crippen LogP contribution in [0.2, 0.25) is 0 Å². The number of thioether (sulfide) groups is 1. The summed E-state index contributed by atoms with van der Waals surface area (Å²) in [6, 6.07) is 11.4. The largest absolute Gasteiger partial charge is 0.341 e. The maximum atomic E-state index is 12.7. The highest BCUT2D eigenvalue weighted by Crippen LogP contribution is 2.29. The normalized spacial score (nSPS) is 17.5. The van der Waals surface area contributed by atoms with E-state index in [1.807, 2.05) is 47.9 Å². The van der Waals surface area contributed by atoms with Gasteiger partial charge in [0, 0.05) is 31.0 Å². The zero-order valence-corrected chi connectivity index (χ0v) is 18.9. The summed E-state index contributed by atoms with van der Waals surface area (Å²) in [5.74, 6) is 0.828. The van der Waals surface area contributed by atoms with Gasteiger partial charge in [0.2, 0.25) is 5.91 Å². The number of hydrogen-bond acceptors (Lipinski definition) is 7. The molecule has 1 saturated heterocycles. The average molecular weight is 458 g/mol. The van der Waals surface area contributed by atoms with E-state index in [0.717, 1.165) is 16.8 Å². The number of aryl methyl sites for hydroxylation is 1. The molecule has 3 heterocycles. The van der Waals surface area contributed by atoms with Gasteiger partial charge in [-0.3, -0.25) is 14.3 Å². The first-order valence-electron chi connectivity index (χ1n) is 9.86. The van der Waals surface area contributed by atoms with Crippen LogP contribution in [0.15, 0.2) is 53.9 Å². The zero-order chi connectivity index (χ0) is 22.0. The first-order valence-corrected chi connectivity index (χ1v) is 12.7. The predicted molar refractivity (Wildman–Crippen MR) is 120 cm³/mol. The number of carbonyl (C=O) groups is 1. The fourth-order valence-electron chi connectivity index (χ4n) is 3.59. The standard InChI is InChI=1S/C21H23N5O3S2/c1-15-6-3-4-8-18(15)26-20(16-7-5-10-22-12-16)23-24-21(26)30-13-19(27)25(2)17-9-11-31(28,29)14-17/h3-8,10,12,17H,9,11,13-14H2,1-2H3. The van der Waals surface area contributed by atoms with Gasteiger partial charge >= 0.3 is 0 Å². The van der Waals surface area contributed by atoms with Gasteiger partial charge in [0.15, 0.2) is 20.8 Å². The summed E-state index contributed by atoms with van der Waals surface area (Å²) >= 11 is 1.29. The van der Waals surface area contributed by atoms with Crippen LogP contribution in [0.3, 0.4) is 0 Å². The van der Waals surface area contributed by atoms with Crippen molar-refractivity contribution in [1.29, 1.82) is 0 Å². The van der Waals surface area contributed by atoms with Crippen molar-refractivity contribution in [3.63, 3.8) is 0 Å². The Bertz CT molecular complexity index is 1190. The lowest BCUT2D eigenvalue weighted by atomic mass is 10.2. The van der Waals surface area contributed by atoms with Gasteiger partial charge in [-0.05, 0) is 37.1 Å². The lowest BCUT2D eigenvalue weighted by molar-refractivity contribution is -0.128. The molecule has 8 nitrogen and oxygen atoms in total. The minimum absolute atomic E-state index is 0.0322. The molecule has 0 aliphatic carbocycles. The molecule has 1 aliphatic rings. The molecule has 31 heavy (non-hydrogen) atoms. The van der Waals surface area contributed by atoms with Crippen molar-refractivity contribution in [2.75, 3.05) is 24.3 Å². The van der Waals surface area contributed by atoms with Crippen LogP contribution in [0.25, 0.3) is 17.1 Å². The summed E-state index contributed by atoms with van der Waals surface area (Å²) in [6.45, 7) is 2.01. The Kier molecular flexibility index (Phi) is 6.10. The second-order valence-electron chi connectivity index (χ2n) is 7.52. The SMILES string of the molecule is Cc1ccccc1-n1c(SCC(=O)N(C)C2CCS(=O)(=O)C2)nnc1-c1cccnc1. The van der Waals surface area contributed by atoms with Gasteiger partial charge in [-0.25, -0.2) is 8.42 Å². The molecule has 1 aliphatic heterocycles. The minimum atomic E-state index is -3.05. The monoisotopic (exact) mass is 457 g/mol. The summed E-state index contributed by atoms with van der Waals surface area (Å²) in [7, 11) is -1.38. The lowest BCUT2D eigenvalue weighted by Crippen LogP contribution is -2.38. The first-order chi connectivity index (χ1) is 14.9. The van der Waals surface area contributed by atoms with E-state index >= 15 is 0 Å². The summed E-state index contributed by atoms with van der Waals surface area (Å²) in [6.07, 6.45) is 3.91. The van der Waals surface area contributed by atoms with Crippen molar-refractivity contribution < 1.29 is 13.2 Å². The van der Waals surface area contributed by atoms with E-state index in [1.54, 1.807) is 24.3 Å². The highest BCUT2D eigenvalue weighted by molar-refractivity contribution is 7.99. The lowest BCUT2D eigenvalue weighted by Gasteiger charge is -2.23. The third kappa shape index (κ3) is 4.64. The molecule has 1 amide bonds. The highest BCUT2D eigenvalue weighted by Gasteiger charge is 2.32. The number of sulfone groups is 1. The van der Waals surface area contributed by atoms with Crippen LogP contribution in [-0.4, -0.2) is 69.3 Å². The Morgan fingerprint density at radius 1 is 1.23 bits per heavy atom. The van der Waals surface area contributed by atoms with Crippen LogP contribution in [0.4, 0.5) is 0 Å². The number of pyridine rings is 1. The molecular formula is C21H23N5O3S2. The molecule has 0 N–H and O–H groups in total. The summed E-state index contributed by atoms with van der Waals surface area (Å²) in [5, 5.41) is 9.31. The van der Waals surface area contributed by atoms with Gasteiger partial charge in [0.05, 0.1) is 22.9 Å². The molecule has 1 unspecified atom stereocenters. The fraction of sp³-hybridized carbons (Fsp3) is 0.333. The summed E-state index contributed by atoms with van der Waals surface area (Å²) in [4.78, 5) is 18.5. The predicted octanol–water partition coefficient (Wildman–Crippen LogP) is 2.38. The quantitative estimate of drug-likeness (QED) is 0.524. The van der Waals surface area contributed by atoms with Crippen molar-refractivity contribution in [3.8, 4) is 17.1 Å². The number of amides is 1. The number of hydrogen-bond donors (Lipinski definition) is 0. The number of nitrogens with zero attached hydrogens (tertiary/aromatic N) is 5. The van der Waals surface area contributed by atoms with E-state index in [2.05, 4.69) is 15.2 Å². The summed E-state index contributed by atoms with van der Waals surface area (Å²) in [5.41, 5.74) is 2.80. The van der Waals surface area contributed by atoms with Gasteiger partial charge in [-0.1, -0.05) is 30.0 Å². The first kappa shape index (κ1) is 21.5. The van der Waals surface area contributed by atoms with Crippen LogP contribution in [-0.2, 0) is 14.6 Å². The van der Waals surface area contributed by atoms with Crippen molar-refractivity contribution in [3.05, 3.63) is 54.4 Å². The number of benzene rings is 1. The third-order valence-corrected chi connectivity index (χ3v) is 8.05. The highest BCUT2D eigenvalue weighted by atomic mass is 32.2. The molecule has 0 radical (unpaired) electrons. The second kappa shape index (κ2) is 8.80. The van der Waals surface area contributed by atoms with Crippen molar-refractivity contribution in [2.24, 2.45) is 0 Å². The fourth-order valence-corrected chi connectivity index (χ4v) is 6.23. The molecule has 0 saturated carbocycles. The Morgan fingerprint density at radius 2 is 2.03 bits per heavy atom. The Hall–Kier alpha value is -2.72. The van der Waals surface area contributed by atoms with Crippen LogP contribution in [0, 0.1) is 6.92 Å². The maximum absolute atomic E-state index is 12.7. The van der Waals surface area contributed by atoms with Gasteiger partial charge in [0.1, 0.15) is 0 Å². The van der Waals surface area contributed by atoms with Gasteiger partial charge < -0.3 is 4.90 Å². The minimum Gasteiger partial charge on any atom is -0.341 e. The Morgan fingerprint density at radius 3 is 2.71 bits per heavy atom. The second-order valence-corrected chi connectivity index (χ2v) is 10.7. The van der Waals surface area contributed by atoms with Crippen molar-refractivity contribution in [1.82, 2.24) is 24.6 Å². The van der Waals surface area contributed by atoms with E-state index in [-0.39, 0.29) is 29.2 Å². The number of aromatic nitrogens is 4. The molecule has 0 bridgehead atoms. The number of para-hydroxylation sites is 1. The smallest absolute Gasteiger partial charge is 0.233 e. The Balaban J connectivity index is 1.60. The molecule has 1 aromatic carbocycles. The molecule has 10 heteroatoms. The number of rotatable bonds is 6. The molecule has 4 rings (SSSR count). The topological polar surface area (TPSA) is 98.1 Å². The molecule has 3 aromatic rings. The molecule has 1 atom stereocenters. The van der Waals surface area contributed by atoms with Crippen LogP contribution in [0.5, 0.6) is 0 Å². The molecule has 2 aromatic heterocycles. The van der Waals surface area contributed by atoms with Crippen molar-refractivity contribution in [2.45, 2.75) is 24.5 Å². The van der Waals surface area contributed by atoms with Gasteiger partial charge in [-0.2, -0.15) is 0 Å². The van der Waals surface area contributed by atoms with E-state index < -0.39 is 9.84 Å². The van der Waals surface area contributed by atoms with E-state index in [1.165, 1.54) is 11.8 Å². The average Bonchev–Trinajstić information content (AvgIpc) is 3.35. The third-order valence-electron chi connectivity index (χ3n) is 5.38. The van der Waals surface area contributed by atoms with Crippen molar-refractivity contribution >= 4 is 27.5 Å². The Labute approximate surface area is 185 Å². The van der Waals surface area contributed by atoms with Crippen LogP contribution < -0.4 is 0 Å². The summed E-state index contributed by atoms with van der Waals surface area (Å²) < 4.78 is 25.4. The van der Waals surface area contributed by atoms with Crippen LogP contribution >= 0.6 is 11.8 Å². The zero-order valence-electron chi connectivity index (χ0n) is 17.3. The van der Waals surface area contributed by atoms with Gasteiger partial charge in [0.25, 0.3) is 0 Å². The van der Waals surface area contributed by atoms with Gasteiger partial charge in [-0.15, -0.1) is 10.2 Å². The van der Waals surface area contributed by atoms with E-state index in [9.17, 15) is 13.2 Å². The van der Waals surface area contributed by atoms with Crippen LogP contribution in [0.1, 0.15) is 12.0 Å². The molecular weight excluding hydrogens is 434 g/mol. The molecule has 0 spiro atoms. The maximum Gasteiger partial charge on any atom is 0.233 e. The molecule has 1 fully saturated rings. The van der Waals surface area contributed by atoms with E-state index in [0.29, 0.717) is 17.4 Å².